The molecule has 0 aliphatic carbocycles. The molecule has 0 spiro atoms. The van der Waals surface area contributed by atoms with Crippen LogP contribution in [0.15, 0.2) is 12.1 Å². The molecule has 1 saturated heterocycles. The average Bonchev–Trinajstić information content (AvgIpc) is 2.97. The second-order valence-corrected chi connectivity index (χ2v) is 5.57. The lowest BCUT2D eigenvalue weighted by molar-refractivity contribution is -0.380. The highest BCUT2D eigenvalue weighted by Crippen LogP contribution is 2.25. The molecule has 0 radical (unpaired) electrons. The number of carbonyl (C=O) groups is 2. The van der Waals surface area contributed by atoms with E-state index < -0.39 is 4.92 Å². The fraction of sp³-hybridized carbons (Fsp3) is 0.500. The van der Waals surface area contributed by atoms with E-state index >= 15 is 0 Å². The Kier molecular flexibility index (Phi) is 4.73. The molecule has 2 heterocycles. The molecule has 114 valence electrons. The highest BCUT2D eigenvalue weighted by Gasteiger charge is 2.26. The number of hydrogen-bond donors (Lipinski definition) is 1. The second kappa shape index (κ2) is 6.53. The topological polar surface area (TPSA) is 95.8 Å². The van der Waals surface area contributed by atoms with E-state index in [4.69, 9.17) is 0 Å². The number of amides is 3. The van der Waals surface area contributed by atoms with Crippen molar-refractivity contribution >= 4 is 28.3 Å². The molecule has 3 amide bonds. The van der Waals surface area contributed by atoms with Crippen LogP contribution < -0.4 is 5.32 Å². The molecular formula is C12H16N4O4S. The van der Waals surface area contributed by atoms with Gasteiger partial charge in [0, 0.05) is 38.8 Å². The Balaban J connectivity index is 1.93. The smallest absolute Gasteiger partial charge is 0.324 e. The average molecular weight is 312 g/mol. The van der Waals surface area contributed by atoms with E-state index in [1.54, 1.807) is 9.80 Å². The molecule has 1 N–H and O–H groups in total. The first-order valence-corrected chi connectivity index (χ1v) is 7.41. The van der Waals surface area contributed by atoms with Gasteiger partial charge in [0.15, 0.2) is 0 Å². The third kappa shape index (κ3) is 3.48. The van der Waals surface area contributed by atoms with Crippen LogP contribution in [-0.2, 0) is 0 Å². The maximum atomic E-state index is 12.2. The van der Waals surface area contributed by atoms with E-state index in [2.05, 4.69) is 5.32 Å². The Hall–Kier alpha value is -2.16. The Morgan fingerprint density at radius 2 is 1.90 bits per heavy atom. The molecule has 0 unspecified atom stereocenters. The van der Waals surface area contributed by atoms with Gasteiger partial charge < -0.3 is 15.1 Å². The summed E-state index contributed by atoms with van der Waals surface area (Å²) in [6.07, 6.45) is 0. The SMILES string of the molecule is CCNC(=O)N1CCN(C(=O)c2ccc([N+](=O)[O-])s2)CC1. The van der Waals surface area contributed by atoms with Gasteiger partial charge in [-0.25, -0.2) is 4.79 Å². The molecule has 2 rings (SSSR count). The maximum Gasteiger partial charge on any atom is 0.324 e. The van der Waals surface area contributed by atoms with Gasteiger partial charge in [0.1, 0.15) is 0 Å². The number of rotatable bonds is 3. The molecule has 0 saturated carbocycles. The Labute approximate surface area is 125 Å². The third-order valence-corrected chi connectivity index (χ3v) is 4.19. The summed E-state index contributed by atoms with van der Waals surface area (Å²) in [5.41, 5.74) is 0. The predicted molar refractivity (Wildman–Crippen MR) is 77.5 cm³/mol. The third-order valence-electron chi connectivity index (χ3n) is 3.16. The Bertz CT molecular complexity index is 551. The number of thiophene rings is 1. The van der Waals surface area contributed by atoms with E-state index in [1.165, 1.54) is 12.1 Å². The van der Waals surface area contributed by atoms with Gasteiger partial charge in [-0.1, -0.05) is 11.3 Å². The number of nitrogens with zero attached hydrogens (tertiary/aromatic N) is 3. The van der Waals surface area contributed by atoms with Gasteiger partial charge >= 0.3 is 11.0 Å². The first-order chi connectivity index (χ1) is 10.0. The van der Waals surface area contributed by atoms with Crippen LogP contribution in [0.4, 0.5) is 9.80 Å². The van der Waals surface area contributed by atoms with Crippen LogP contribution in [0.25, 0.3) is 0 Å². The van der Waals surface area contributed by atoms with Gasteiger partial charge in [0.25, 0.3) is 5.91 Å². The molecule has 8 nitrogen and oxygen atoms in total. The van der Waals surface area contributed by atoms with E-state index in [-0.39, 0.29) is 16.9 Å². The molecule has 1 aromatic rings. The fourth-order valence-corrected chi connectivity index (χ4v) is 2.86. The van der Waals surface area contributed by atoms with Gasteiger partial charge in [-0.05, 0) is 13.0 Å². The zero-order chi connectivity index (χ0) is 15.4. The number of urea groups is 1. The summed E-state index contributed by atoms with van der Waals surface area (Å²) < 4.78 is 0. The van der Waals surface area contributed by atoms with E-state index in [1.807, 2.05) is 6.92 Å². The number of piperazine rings is 1. The van der Waals surface area contributed by atoms with Crippen molar-refractivity contribution in [1.29, 1.82) is 0 Å². The second-order valence-electron chi connectivity index (χ2n) is 4.51. The predicted octanol–water partition coefficient (Wildman–Crippen LogP) is 1.14. The Morgan fingerprint density at radius 3 is 2.43 bits per heavy atom. The van der Waals surface area contributed by atoms with Crippen molar-refractivity contribution < 1.29 is 14.5 Å². The molecule has 21 heavy (non-hydrogen) atoms. The molecule has 1 aromatic heterocycles. The molecule has 0 bridgehead atoms. The maximum absolute atomic E-state index is 12.2. The summed E-state index contributed by atoms with van der Waals surface area (Å²) in [5.74, 6) is -0.219. The molecule has 0 aromatic carbocycles. The summed E-state index contributed by atoms with van der Waals surface area (Å²) in [4.78, 5) is 37.6. The minimum Gasteiger partial charge on any atom is -0.338 e. The van der Waals surface area contributed by atoms with E-state index in [0.717, 1.165) is 11.3 Å². The molecule has 0 atom stereocenters. The van der Waals surface area contributed by atoms with Gasteiger partial charge in [0.05, 0.1) is 9.80 Å². The van der Waals surface area contributed by atoms with Crippen LogP contribution in [0.3, 0.4) is 0 Å². The van der Waals surface area contributed by atoms with Crippen molar-refractivity contribution in [3.05, 3.63) is 27.1 Å². The lowest BCUT2D eigenvalue weighted by Gasteiger charge is -2.34. The summed E-state index contributed by atoms with van der Waals surface area (Å²) >= 11 is 0.875. The lowest BCUT2D eigenvalue weighted by atomic mass is 10.3. The molecule has 9 heteroatoms. The van der Waals surface area contributed by atoms with Crippen molar-refractivity contribution in [1.82, 2.24) is 15.1 Å². The zero-order valence-electron chi connectivity index (χ0n) is 11.6. The zero-order valence-corrected chi connectivity index (χ0v) is 12.4. The van der Waals surface area contributed by atoms with Crippen molar-refractivity contribution in [2.75, 3.05) is 32.7 Å². The minimum absolute atomic E-state index is 0.0423. The van der Waals surface area contributed by atoms with E-state index in [9.17, 15) is 19.7 Å². The summed E-state index contributed by atoms with van der Waals surface area (Å²) in [7, 11) is 0. The summed E-state index contributed by atoms with van der Waals surface area (Å²) in [5, 5.41) is 13.3. The first kappa shape index (κ1) is 15.2. The van der Waals surface area contributed by atoms with Gasteiger partial charge in [-0.2, -0.15) is 0 Å². The molecule has 1 aliphatic heterocycles. The van der Waals surface area contributed by atoms with Gasteiger partial charge in [-0.15, -0.1) is 0 Å². The fourth-order valence-electron chi connectivity index (χ4n) is 2.07. The van der Waals surface area contributed by atoms with E-state index in [0.29, 0.717) is 37.6 Å². The van der Waals surface area contributed by atoms with Crippen molar-refractivity contribution in [3.8, 4) is 0 Å². The van der Waals surface area contributed by atoms with Gasteiger partial charge in [-0.3, -0.25) is 14.9 Å². The van der Waals surface area contributed by atoms with Crippen molar-refractivity contribution in [2.24, 2.45) is 0 Å². The number of nitro groups is 1. The minimum atomic E-state index is -0.505. The largest absolute Gasteiger partial charge is 0.338 e. The van der Waals surface area contributed by atoms with Gasteiger partial charge in [0.2, 0.25) is 0 Å². The highest BCUT2D eigenvalue weighted by atomic mass is 32.1. The standard InChI is InChI=1S/C12H16N4O4S/c1-2-13-12(18)15-7-5-14(6-8-15)11(17)9-3-4-10(21-9)16(19)20/h3-4H,2,5-8H2,1H3,(H,13,18). The monoisotopic (exact) mass is 312 g/mol. The number of nitrogens with one attached hydrogen (secondary N) is 1. The molecular weight excluding hydrogens is 296 g/mol. The van der Waals surface area contributed by atoms with Crippen molar-refractivity contribution in [2.45, 2.75) is 6.92 Å². The normalized spacial score (nSPS) is 14.9. The van der Waals surface area contributed by atoms with Crippen LogP contribution in [0.2, 0.25) is 0 Å². The lowest BCUT2D eigenvalue weighted by Crippen LogP contribution is -2.53. The Morgan fingerprint density at radius 1 is 1.29 bits per heavy atom. The molecule has 1 fully saturated rings. The number of hydrogen-bond acceptors (Lipinski definition) is 5. The van der Waals surface area contributed by atoms with Crippen LogP contribution in [0, 0.1) is 10.1 Å². The summed E-state index contributed by atoms with van der Waals surface area (Å²) in [6, 6.07) is 2.68. The van der Waals surface area contributed by atoms with Crippen LogP contribution >= 0.6 is 11.3 Å². The highest BCUT2D eigenvalue weighted by molar-refractivity contribution is 7.17. The van der Waals surface area contributed by atoms with Crippen LogP contribution in [-0.4, -0.2) is 59.4 Å². The molecule has 1 aliphatic rings. The van der Waals surface area contributed by atoms with Crippen LogP contribution in [0.1, 0.15) is 16.6 Å². The van der Waals surface area contributed by atoms with Crippen LogP contribution in [0.5, 0.6) is 0 Å². The summed E-state index contributed by atoms with van der Waals surface area (Å²) in [6.45, 7) is 4.21. The number of carbonyl (C=O) groups excluding carboxylic acids is 2. The van der Waals surface area contributed by atoms with Crippen molar-refractivity contribution in [3.63, 3.8) is 0 Å². The first-order valence-electron chi connectivity index (χ1n) is 6.59. The quantitative estimate of drug-likeness (QED) is 0.669.